The van der Waals surface area contributed by atoms with E-state index in [9.17, 15) is 14.9 Å². The zero-order valence-electron chi connectivity index (χ0n) is 12.5. The van der Waals surface area contributed by atoms with Gasteiger partial charge in [-0.25, -0.2) is 4.79 Å². The van der Waals surface area contributed by atoms with Crippen LogP contribution in [-0.4, -0.2) is 17.5 Å². The van der Waals surface area contributed by atoms with E-state index in [4.69, 9.17) is 14.7 Å². The van der Waals surface area contributed by atoms with Crippen molar-refractivity contribution in [2.75, 3.05) is 6.61 Å². The van der Waals surface area contributed by atoms with Gasteiger partial charge in [0, 0.05) is 18.2 Å². The number of hydrogen-bond acceptors (Lipinski definition) is 6. The van der Waals surface area contributed by atoms with Crippen LogP contribution in [0.15, 0.2) is 40.9 Å². The van der Waals surface area contributed by atoms with Crippen molar-refractivity contribution in [1.29, 1.82) is 5.26 Å². The van der Waals surface area contributed by atoms with Gasteiger partial charge in [0.2, 0.25) is 0 Å². The topological polar surface area (TPSA) is 102 Å². The van der Waals surface area contributed by atoms with Crippen LogP contribution in [0.3, 0.4) is 0 Å². The molecule has 0 amide bonds. The highest BCUT2D eigenvalue weighted by molar-refractivity contribution is 9.10. The van der Waals surface area contributed by atoms with Crippen molar-refractivity contribution in [1.82, 2.24) is 0 Å². The maximum absolute atomic E-state index is 12.2. The summed E-state index contributed by atoms with van der Waals surface area (Å²) in [6, 6.07) is 9.99. The molecule has 0 aliphatic heterocycles. The summed E-state index contributed by atoms with van der Waals surface area (Å²) >= 11 is 3.24. The third kappa shape index (κ3) is 3.88. The van der Waals surface area contributed by atoms with Gasteiger partial charge in [0.1, 0.15) is 0 Å². The molecule has 0 saturated heterocycles. The van der Waals surface area contributed by atoms with Crippen LogP contribution in [0.5, 0.6) is 11.5 Å². The third-order valence-corrected chi connectivity index (χ3v) is 3.54. The number of nitriles is 1. The molecule has 7 nitrogen and oxygen atoms in total. The minimum atomic E-state index is -0.698. The van der Waals surface area contributed by atoms with Crippen LogP contribution in [0.1, 0.15) is 22.8 Å². The second-order valence-corrected chi connectivity index (χ2v) is 5.38. The lowest BCUT2D eigenvalue weighted by atomic mass is 10.2. The van der Waals surface area contributed by atoms with E-state index in [2.05, 4.69) is 15.9 Å². The normalized spacial score (nSPS) is 9.88. The maximum atomic E-state index is 12.2. The number of nitrogens with zero attached hydrogens (tertiary/aromatic N) is 2. The molecule has 122 valence electrons. The molecule has 0 bridgehead atoms. The van der Waals surface area contributed by atoms with E-state index in [1.54, 1.807) is 6.92 Å². The van der Waals surface area contributed by atoms with E-state index >= 15 is 0 Å². The number of nitro benzene ring substituents is 1. The zero-order chi connectivity index (χ0) is 17.7. The monoisotopic (exact) mass is 390 g/mol. The fraction of sp³-hybridized carbons (Fsp3) is 0.125. The standard InChI is InChI=1S/C16H11BrN2O5/c1-2-23-14-8-10(9-18)7-13(17)15(14)24-16(20)11-3-5-12(6-4-11)19(21)22/h3-8H,2H2,1H3. The molecule has 0 radical (unpaired) electrons. The van der Waals surface area contributed by atoms with Gasteiger partial charge in [0.05, 0.1) is 33.2 Å². The van der Waals surface area contributed by atoms with E-state index in [0.29, 0.717) is 16.6 Å². The average Bonchev–Trinajstić information content (AvgIpc) is 2.57. The van der Waals surface area contributed by atoms with Crippen molar-refractivity contribution >= 4 is 27.6 Å². The van der Waals surface area contributed by atoms with Gasteiger partial charge in [0.15, 0.2) is 11.5 Å². The predicted octanol–water partition coefficient (Wildman–Crippen LogP) is 3.85. The van der Waals surface area contributed by atoms with Gasteiger partial charge >= 0.3 is 5.97 Å². The van der Waals surface area contributed by atoms with Crippen LogP contribution in [0.2, 0.25) is 0 Å². The van der Waals surface area contributed by atoms with Gasteiger partial charge in [-0.3, -0.25) is 10.1 Å². The number of carbonyl (C=O) groups excluding carboxylic acids is 1. The van der Waals surface area contributed by atoms with Gasteiger partial charge in [-0.1, -0.05) is 0 Å². The molecule has 8 heteroatoms. The number of ether oxygens (including phenoxy) is 2. The second kappa shape index (κ2) is 7.57. The van der Waals surface area contributed by atoms with Gasteiger partial charge in [-0.2, -0.15) is 5.26 Å². The highest BCUT2D eigenvalue weighted by Gasteiger charge is 2.18. The molecule has 0 atom stereocenters. The molecule has 0 heterocycles. The Morgan fingerprint density at radius 3 is 2.54 bits per heavy atom. The first-order chi connectivity index (χ1) is 11.5. The van der Waals surface area contributed by atoms with Crippen LogP contribution in [0, 0.1) is 21.4 Å². The van der Waals surface area contributed by atoms with Crippen LogP contribution < -0.4 is 9.47 Å². The van der Waals surface area contributed by atoms with Crippen molar-refractivity contribution in [2.45, 2.75) is 6.92 Å². The summed E-state index contributed by atoms with van der Waals surface area (Å²) in [4.78, 5) is 22.3. The van der Waals surface area contributed by atoms with E-state index < -0.39 is 10.9 Å². The Morgan fingerprint density at radius 1 is 1.33 bits per heavy atom. The van der Waals surface area contributed by atoms with Crippen LogP contribution in [0.4, 0.5) is 5.69 Å². The maximum Gasteiger partial charge on any atom is 0.343 e. The molecule has 0 N–H and O–H groups in total. The summed E-state index contributed by atoms with van der Waals surface area (Å²) in [7, 11) is 0. The highest BCUT2D eigenvalue weighted by atomic mass is 79.9. The molecule has 0 aliphatic rings. The zero-order valence-corrected chi connectivity index (χ0v) is 14.1. The Bertz CT molecular complexity index is 828. The summed E-state index contributed by atoms with van der Waals surface area (Å²) in [5.74, 6) is -0.311. The Morgan fingerprint density at radius 2 is 2.00 bits per heavy atom. The SMILES string of the molecule is CCOc1cc(C#N)cc(Br)c1OC(=O)c1ccc([N+](=O)[O-])cc1. The highest BCUT2D eigenvalue weighted by Crippen LogP contribution is 2.37. The number of hydrogen-bond donors (Lipinski definition) is 0. The summed E-state index contributed by atoms with van der Waals surface area (Å²) in [5, 5.41) is 19.6. The predicted molar refractivity (Wildman–Crippen MR) is 88.1 cm³/mol. The lowest BCUT2D eigenvalue weighted by molar-refractivity contribution is -0.384. The first-order valence-electron chi connectivity index (χ1n) is 6.79. The van der Waals surface area contributed by atoms with Crippen LogP contribution in [-0.2, 0) is 0 Å². The molecule has 0 spiro atoms. The first-order valence-corrected chi connectivity index (χ1v) is 7.58. The van der Waals surface area contributed by atoms with Crippen molar-refractivity contribution in [2.24, 2.45) is 0 Å². The number of carbonyl (C=O) groups is 1. The van der Waals surface area contributed by atoms with Gasteiger partial charge in [-0.05, 0) is 41.1 Å². The number of benzene rings is 2. The number of halogens is 1. The quantitative estimate of drug-likeness (QED) is 0.332. The van der Waals surface area contributed by atoms with E-state index in [0.717, 1.165) is 0 Å². The summed E-state index contributed by atoms with van der Waals surface area (Å²) in [5.41, 5.74) is 0.376. The van der Waals surface area contributed by atoms with E-state index in [1.807, 2.05) is 6.07 Å². The van der Waals surface area contributed by atoms with Gasteiger partial charge in [-0.15, -0.1) is 0 Å². The van der Waals surface area contributed by atoms with Crippen molar-refractivity contribution < 1.29 is 19.2 Å². The molecule has 0 unspecified atom stereocenters. The van der Waals surface area contributed by atoms with Gasteiger partial charge in [0.25, 0.3) is 5.69 Å². The van der Waals surface area contributed by atoms with E-state index in [1.165, 1.54) is 36.4 Å². The molecule has 0 aliphatic carbocycles. The Labute approximate surface area is 145 Å². The Balaban J connectivity index is 2.31. The Hall–Kier alpha value is -2.92. The molecule has 0 aromatic heterocycles. The lowest BCUT2D eigenvalue weighted by Crippen LogP contribution is -2.10. The lowest BCUT2D eigenvalue weighted by Gasteiger charge is -2.12. The van der Waals surface area contributed by atoms with Crippen molar-refractivity contribution in [3.63, 3.8) is 0 Å². The van der Waals surface area contributed by atoms with Crippen molar-refractivity contribution in [3.05, 3.63) is 62.1 Å². The minimum Gasteiger partial charge on any atom is -0.490 e. The molecule has 2 aromatic carbocycles. The summed E-state index contributed by atoms with van der Waals surface area (Å²) in [6.45, 7) is 2.08. The molecule has 0 saturated carbocycles. The fourth-order valence-electron chi connectivity index (χ4n) is 1.87. The first kappa shape index (κ1) is 17.4. The third-order valence-electron chi connectivity index (χ3n) is 2.95. The molecule has 0 fully saturated rings. The largest absolute Gasteiger partial charge is 0.490 e. The smallest absolute Gasteiger partial charge is 0.343 e. The fourth-order valence-corrected chi connectivity index (χ4v) is 2.39. The summed E-state index contributed by atoms with van der Waals surface area (Å²) in [6.07, 6.45) is 0. The minimum absolute atomic E-state index is 0.124. The van der Waals surface area contributed by atoms with Crippen LogP contribution >= 0.6 is 15.9 Å². The van der Waals surface area contributed by atoms with E-state index in [-0.39, 0.29) is 22.7 Å². The number of nitro groups is 1. The molecule has 2 aromatic rings. The number of esters is 1. The second-order valence-electron chi connectivity index (χ2n) is 4.52. The number of rotatable bonds is 5. The molecule has 24 heavy (non-hydrogen) atoms. The molecule has 2 rings (SSSR count). The molecular weight excluding hydrogens is 380 g/mol. The average molecular weight is 391 g/mol. The van der Waals surface area contributed by atoms with Crippen LogP contribution in [0.25, 0.3) is 0 Å². The van der Waals surface area contributed by atoms with Gasteiger partial charge < -0.3 is 9.47 Å². The molecular formula is C16H11BrN2O5. The Kier molecular flexibility index (Phi) is 5.50. The number of non-ortho nitro benzene ring substituents is 1. The summed E-state index contributed by atoms with van der Waals surface area (Å²) < 4.78 is 11.1. The van der Waals surface area contributed by atoms with Crippen molar-refractivity contribution in [3.8, 4) is 17.6 Å².